The Hall–Kier alpha value is -3.41. The summed E-state index contributed by atoms with van der Waals surface area (Å²) in [7, 11) is 1.60. The smallest absolute Gasteiger partial charge is 0.244 e. The van der Waals surface area contributed by atoms with Crippen molar-refractivity contribution in [2.24, 2.45) is 0 Å². The van der Waals surface area contributed by atoms with E-state index >= 15 is 0 Å². The molecular formula is C22H22N4O2. The van der Waals surface area contributed by atoms with Gasteiger partial charge in [0.15, 0.2) is 11.6 Å². The van der Waals surface area contributed by atoms with Crippen LogP contribution in [0.15, 0.2) is 55.1 Å². The summed E-state index contributed by atoms with van der Waals surface area (Å²) >= 11 is 0. The number of methoxy groups -OCH3 is 1. The molecule has 3 aromatic rings. The fourth-order valence-electron chi connectivity index (χ4n) is 3.52. The van der Waals surface area contributed by atoms with E-state index in [0.717, 1.165) is 24.1 Å². The summed E-state index contributed by atoms with van der Waals surface area (Å²) in [6.07, 6.45) is 10.5. The monoisotopic (exact) mass is 374 g/mol. The Morgan fingerprint density at radius 3 is 2.96 bits per heavy atom. The van der Waals surface area contributed by atoms with Gasteiger partial charge in [-0.2, -0.15) is 0 Å². The number of benzene rings is 1. The van der Waals surface area contributed by atoms with Crippen LogP contribution in [0.25, 0.3) is 11.9 Å². The molecule has 1 aliphatic carbocycles. The quantitative estimate of drug-likeness (QED) is 0.695. The first-order chi connectivity index (χ1) is 13.6. The van der Waals surface area contributed by atoms with E-state index in [4.69, 9.17) is 4.74 Å². The number of carbonyl (C=O) groups is 1. The van der Waals surface area contributed by atoms with Gasteiger partial charge in [0.25, 0.3) is 0 Å². The van der Waals surface area contributed by atoms with E-state index < -0.39 is 0 Å². The second-order valence-electron chi connectivity index (χ2n) is 6.85. The molecule has 6 nitrogen and oxygen atoms in total. The largest absolute Gasteiger partial charge is 0.493 e. The highest BCUT2D eigenvalue weighted by molar-refractivity contribution is 5.92. The van der Waals surface area contributed by atoms with Crippen molar-refractivity contribution in [3.05, 3.63) is 77.5 Å². The molecule has 0 aliphatic heterocycles. The third kappa shape index (κ3) is 3.67. The number of ether oxygens (including phenoxy) is 1. The minimum atomic E-state index is -0.116. The molecule has 0 spiro atoms. The van der Waals surface area contributed by atoms with Crippen molar-refractivity contribution < 1.29 is 9.53 Å². The third-order valence-corrected chi connectivity index (χ3v) is 4.91. The zero-order valence-electron chi connectivity index (χ0n) is 15.9. The van der Waals surface area contributed by atoms with Crippen molar-refractivity contribution in [1.29, 1.82) is 0 Å². The lowest BCUT2D eigenvalue weighted by Gasteiger charge is -2.12. The summed E-state index contributed by atoms with van der Waals surface area (Å²) in [5.41, 5.74) is 4.22. The molecule has 2 aromatic heterocycles. The molecule has 6 heteroatoms. The topological polar surface area (TPSA) is 69.0 Å². The van der Waals surface area contributed by atoms with Crippen LogP contribution < -0.4 is 10.1 Å². The van der Waals surface area contributed by atoms with E-state index in [1.54, 1.807) is 31.8 Å². The first-order valence-corrected chi connectivity index (χ1v) is 9.25. The predicted molar refractivity (Wildman–Crippen MR) is 107 cm³/mol. The Morgan fingerprint density at radius 1 is 1.32 bits per heavy atom. The van der Waals surface area contributed by atoms with Crippen molar-refractivity contribution in [1.82, 2.24) is 19.9 Å². The number of nitrogens with zero attached hydrogens (tertiary/aromatic N) is 3. The number of hydrogen-bond acceptors (Lipinski definition) is 4. The lowest BCUT2D eigenvalue weighted by molar-refractivity contribution is -0.117. The highest BCUT2D eigenvalue weighted by Crippen LogP contribution is 2.30. The number of aryl methyl sites for hydroxylation is 2. The lowest BCUT2D eigenvalue weighted by atomic mass is 10.1. The maximum absolute atomic E-state index is 12.4. The fourth-order valence-corrected chi connectivity index (χ4v) is 3.52. The second kappa shape index (κ2) is 7.68. The summed E-state index contributed by atoms with van der Waals surface area (Å²) in [5.74, 6) is 1.16. The number of rotatable bonds is 5. The van der Waals surface area contributed by atoms with E-state index in [0.29, 0.717) is 11.6 Å². The molecule has 0 saturated heterocycles. The summed E-state index contributed by atoms with van der Waals surface area (Å²) in [6.45, 7) is 1.92. The summed E-state index contributed by atoms with van der Waals surface area (Å²) < 4.78 is 7.27. The van der Waals surface area contributed by atoms with Crippen LogP contribution in [0.4, 0.5) is 0 Å². The average molecular weight is 374 g/mol. The SMILES string of the molecule is COc1cc(C=CC(=O)NC2CCc3ccccc32)cnc1-n1cnc(C)c1. The van der Waals surface area contributed by atoms with Crippen LogP contribution in [0, 0.1) is 6.92 Å². The molecule has 1 N–H and O–H groups in total. The fraction of sp³-hybridized carbons (Fsp3) is 0.227. The average Bonchev–Trinajstić information content (AvgIpc) is 3.33. The summed E-state index contributed by atoms with van der Waals surface area (Å²) in [4.78, 5) is 21.0. The van der Waals surface area contributed by atoms with E-state index in [9.17, 15) is 4.79 Å². The number of pyridine rings is 1. The second-order valence-corrected chi connectivity index (χ2v) is 6.85. The van der Waals surface area contributed by atoms with E-state index in [1.165, 1.54) is 11.1 Å². The van der Waals surface area contributed by atoms with E-state index in [2.05, 4.69) is 27.4 Å². The van der Waals surface area contributed by atoms with Crippen molar-refractivity contribution in [2.45, 2.75) is 25.8 Å². The van der Waals surface area contributed by atoms with Crippen LogP contribution in [0.5, 0.6) is 5.75 Å². The Kier molecular flexibility index (Phi) is 4.93. The van der Waals surface area contributed by atoms with Crippen LogP contribution in [0.1, 0.15) is 34.8 Å². The van der Waals surface area contributed by atoms with Crippen molar-refractivity contribution in [3.63, 3.8) is 0 Å². The van der Waals surface area contributed by atoms with Gasteiger partial charge in [-0.05, 0) is 48.6 Å². The number of amides is 1. The van der Waals surface area contributed by atoms with Crippen molar-refractivity contribution in [2.75, 3.05) is 7.11 Å². The summed E-state index contributed by atoms with van der Waals surface area (Å²) in [6, 6.07) is 10.2. The molecule has 2 heterocycles. The van der Waals surface area contributed by atoms with Gasteiger partial charge in [0.2, 0.25) is 5.91 Å². The molecule has 1 unspecified atom stereocenters. The maximum Gasteiger partial charge on any atom is 0.244 e. The van der Waals surface area contributed by atoms with Gasteiger partial charge in [0.1, 0.15) is 6.33 Å². The highest BCUT2D eigenvalue weighted by Gasteiger charge is 2.22. The van der Waals surface area contributed by atoms with Gasteiger partial charge in [0.05, 0.1) is 18.8 Å². The molecular weight excluding hydrogens is 352 g/mol. The van der Waals surface area contributed by atoms with Crippen LogP contribution in [0.3, 0.4) is 0 Å². The van der Waals surface area contributed by atoms with Crippen LogP contribution in [-0.2, 0) is 11.2 Å². The molecule has 0 fully saturated rings. The first kappa shape index (κ1) is 18.0. The molecule has 1 atom stereocenters. The Bertz CT molecular complexity index is 1040. The van der Waals surface area contributed by atoms with Gasteiger partial charge in [-0.1, -0.05) is 24.3 Å². The molecule has 4 rings (SSSR count). The van der Waals surface area contributed by atoms with E-state index in [-0.39, 0.29) is 11.9 Å². The Labute approximate surface area is 163 Å². The Balaban J connectivity index is 1.46. The van der Waals surface area contributed by atoms with E-state index in [1.807, 2.05) is 35.9 Å². The Morgan fingerprint density at radius 2 is 2.18 bits per heavy atom. The standard InChI is InChI=1S/C22H22N4O2/c1-15-13-26(14-24-15)22-20(28-2)11-16(12-23-22)7-10-21(27)25-19-9-8-17-5-3-4-6-18(17)19/h3-7,10-14,19H,8-9H2,1-2H3,(H,25,27). The number of carbonyl (C=O) groups excluding carboxylic acids is 1. The molecule has 1 amide bonds. The predicted octanol–water partition coefficient (Wildman–Crippen LogP) is 3.40. The summed E-state index contributed by atoms with van der Waals surface area (Å²) in [5, 5.41) is 3.08. The van der Waals surface area contributed by atoms with Gasteiger partial charge in [0, 0.05) is 18.5 Å². The van der Waals surface area contributed by atoms with Gasteiger partial charge < -0.3 is 10.1 Å². The minimum absolute atomic E-state index is 0.0767. The van der Waals surface area contributed by atoms with Gasteiger partial charge >= 0.3 is 0 Å². The number of hydrogen-bond donors (Lipinski definition) is 1. The molecule has 0 saturated carbocycles. The number of aromatic nitrogens is 3. The highest BCUT2D eigenvalue weighted by atomic mass is 16.5. The molecule has 142 valence electrons. The normalized spacial score (nSPS) is 15.6. The molecule has 1 aromatic carbocycles. The number of imidazole rings is 1. The molecule has 0 radical (unpaired) electrons. The minimum Gasteiger partial charge on any atom is -0.493 e. The molecule has 1 aliphatic rings. The van der Waals surface area contributed by atoms with Gasteiger partial charge in [-0.25, -0.2) is 9.97 Å². The zero-order chi connectivity index (χ0) is 19.5. The first-order valence-electron chi connectivity index (χ1n) is 9.25. The zero-order valence-corrected chi connectivity index (χ0v) is 15.9. The third-order valence-electron chi connectivity index (χ3n) is 4.91. The maximum atomic E-state index is 12.4. The van der Waals surface area contributed by atoms with Crippen LogP contribution in [-0.4, -0.2) is 27.6 Å². The molecule has 0 bridgehead atoms. The van der Waals surface area contributed by atoms with Crippen LogP contribution in [0.2, 0.25) is 0 Å². The van der Waals surface area contributed by atoms with Crippen LogP contribution >= 0.6 is 0 Å². The number of fused-ring (bicyclic) bond motifs is 1. The van der Waals surface area contributed by atoms with Gasteiger partial charge in [-0.15, -0.1) is 0 Å². The van der Waals surface area contributed by atoms with Gasteiger partial charge in [-0.3, -0.25) is 9.36 Å². The molecule has 28 heavy (non-hydrogen) atoms. The lowest BCUT2D eigenvalue weighted by Crippen LogP contribution is -2.25. The van der Waals surface area contributed by atoms with Crippen molar-refractivity contribution in [3.8, 4) is 11.6 Å². The number of nitrogens with one attached hydrogen (secondary N) is 1. The van der Waals surface area contributed by atoms with Crippen molar-refractivity contribution >= 4 is 12.0 Å².